The van der Waals surface area contributed by atoms with Crippen molar-refractivity contribution in [2.75, 3.05) is 20.2 Å². The molecule has 3 heteroatoms. The fraction of sp³-hybridized carbons (Fsp3) is 0.556. The molecule has 0 amide bonds. The summed E-state index contributed by atoms with van der Waals surface area (Å²) in [7, 11) is 1.68. The predicted octanol–water partition coefficient (Wildman–Crippen LogP) is 2.63. The highest BCUT2D eigenvalue weighted by molar-refractivity contribution is 5.48. The van der Waals surface area contributed by atoms with E-state index in [1.165, 1.54) is 24.9 Å². The molecule has 1 aliphatic carbocycles. The summed E-state index contributed by atoms with van der Waals surface area (Å²) >= 11 is 0. The summed E-state index contributed by atoms with van der Waals surface area (Å²) in [5.41, 5.74) is 7.68. The summed E-state index contributed by atoms with van der Waals surface area (Å²) in [6.07, 6.45) is 2.78. The molecule has 0 bridgehead atoms. The lowest BCUT2D eigenvalue weighted by Crippen LogP contribution is -2.32. The van der Waals surface area contributed by atoms with Crippen LogP contribution in [0.15, 0.2) is 18.2 Å². The van der Waals surface area contributed by atoms with Gasteiger partial charge in [-0.3, -0.25) is 4.90 Å². The molecule has 1 aliphatic rings. The Morgan fingerprint density at radius 2 is 2.14 bits per heavy atom. The second kappa shape index (κ2) is 7.49. The molecule has 1 fully saturated rings. The highest BCUT2D eigenvalue weighted by atomic mass is 16.5. The van der Waals surface area contributed by atoms with E-state index in [1.54, 1.807) is 7.11 Å². The number of hydrogen-bond acceptors (Lipinski definition) is 3. The Morgan fingerprint density at radius 3 is 2.71 bits per heavy atom. The van der Waals surface area contributed by atoms with Crippen LogP contribution < -0.4 is 10.5 Å². The van der Waals surface area contributed by atoms with Crippen molar-refractivity contribution in [1.82, 2.24) is 4.90 Å². The number of benzene rings is 1. The van der Waals surface area contributed by atoms with Gasteiger partial charge >= 0.3 is 0 Å². The van der Waals surface area contributed by atoms with Crippen LogP contribution in [-0.2, 0) is 6.54 Å². The first-order valence-corrected chi connectivity index (χ1v) is 7.74. The second-order valence-electron chi connectivity index (χ2n) is 6.01. The van der Waals surface area contributed by atoms with Crippen LogP contribution in [0.2, 0.25) is 0 Å². The van der Waals surface area contributed by atoms with E-state index >= 15 is 0 Å². The monoisotopic (exact) mass is 286 g/mol. The average Bonchev–Trinajstić information content (AvgIpc) is 3.28. The van der Waals surface area contributed by atoms with E-state index < -0.39 is 0 Å². The minimum Gasteiger partial charge on any atom is -0.495 e. The molecule has 21 heavy (non-hydrogen) atoms. The summed E-state index contributed by atoms with van der Waals surface area (Å²) in [5.74, 6) is 7.73. The van der Waals surface area contributed by atoms with E-state index in [0.29, 0.717) is 12.6 Å². The fourth-order valence-electron chi connectivity index (χ4n) is 2.42. The van der Waals surface area contributed by atoms with Crippen molar-refractivity contribution in [1.29, 1.82) is 0 Å². The van der Waals surface area contributed by atoms with Gasteiger partial charge in [-0.15, -0.1) is 0 Å². The van der Waals surface area contributed by atoms with Crippen LogP contribution in [0.25, 0.3) is 0 Å². The molecule has 0 radical (unpaired) electrons. The van der Waals surface area contributed by atoms with Crippen molar-refractivity contribution in [2.24, 2.45) is 11.7 Å². The first kappa shape index (κ1) is 15.9. The fourth-order valence-corrected chi connectivity index (χ4v) is 2.42. The van der Waals surface area contributed by atoms with Crippen molar-refractivity contribution in [3.05, 3.63) is 29.3 Å². The summed E-state index contributed by atoms with van der Waals surface area (Å²) in [6.45, 7) is 7.07. The maximum Gasteiger partial charge on any atom is 0.134 e. The second-order valence-corrected chi connectivity index (χ2v) is 6.01. The minimum absolute atomic E-state index is 0.368. The number of nitrogens with two attached hydrogens (primary N) is 1. The summed E-state index contributed by atoms with van der Waals surface area (Å²) in [4.78, 5) is 2.54. The van der Waals surface area contributed by atoms with Crippen molar-refractivity contribution in [2.45, 2.75) is 39.3 Å². The van der Waals surface area contributed by atoms with Gasteiger partial charge in [-0.1, -0.05) is 17.9 Å². The molecule has 2 rings (SSSR count). The predicted molar refractivity (Wildman–Crippen MR) is 87.2 cm³/mol. The number of methoxy groups -OCH3 is 1. The number of nitrogens with zero attached hydrogens (tertiary/aromatic N) is 1. The van der Waals surface area contributed by atoms with Gasteiger partial charge in [0.2, 0.25) is 0 Å². The highest BCUT2D eigenvalue weighted by Gasteiger charge is 2.25. The van der Waals surface area contributed by atoms with Crippen LogP contribution in [0, 0.1) is 17.8 Å². The van der Waals surface area contributed by atoms with Crippen molar-refractivity contribution in [3.63, 3.8) is 0 Å². The molecule has 2 N–H and O–H groups in total. The zero-order chi connectivity index (χ0) is 15.2. The van der Waals surface area contributed by atoms with E-state index in [2.05, 4.69) is 42.7 Å². The average molecular weight is 286 g/mol. The molecule has 0 aliphatic heterocycles. The van der Waals surface area contributed by atoms with Gasteiger partial charge in [-0.25, -0.2) is 0 Å². The third-order valence-electron chi connectivity index (χ3n) is 3.89. The quantitative estimate of drug-likeness (QED) is 0.817. The lowest BCUT2D eigenvalue weighted by molar-refractivity contribution is 0.203. The maximum absolute atomic E-state index is 5.47. The number of ether oxygens (including phenoxy) is 1. The van der Waals surface area contributed by atoms with Crippen molar-refractivity contribution in [3.8, 4) is 17.6 Å². The van der Waals surface area contributed by atoms with Gasteiger partial charge in [-0.2, -0.15) is 0 Å². The van der Waals surface area contributed by atoms with E-state index in [0.717, 1.165) is 23.8 Å². The van der Waals surface area contributed by atoms with Gasteiger partial charge in [-0.05, 0) is 50.3 Å². The SMILES string of the molecule is COc1ccc(CN(CC2CC2)C(C)C)cc1C#CCN. The summed E-state index contributed by atoms with van der Waals surface area (Å²) < 4.78 is 5.37. The van der Waals surface area contributed by atoms with Gasteiger partial charge in [0, 0.05) is 19.1 Å². The molecular weight excluding hydrogens is 260 g/mol. The maximum atomic E-state index is 5.47. The summed E-state index contributed by atoms with van der Waals surface area (Å²) in [6, 6.07) is 6.83. The molecule has 0 atom stereocenters. The van der Waals surface area contributed by atoms with Crippen LogP contribution in [0.3, 0.4) is 0 Å². The van der Waals surface area contributed by atoms with E-state index in [1.807, 2.05) is 6.07 Å². The van der Waals surface area contributed by atoms with Crippen LogP contribution in [0.1, 0.15) is 37.8 Å². The minimum atomic E-state index is 0.368. The van der Waals surface area contributed by atoms with E-state index in [9.17, 15) is 0 Å². The molecule has 0 spiro atoms. The molecule has 0 aromatic heterocycles. The van der Waals surface area contributed by atoms with Crippen LogP contribution in [0.5, 0.6) is 5.75 Å². The van der Waals surface area contributed by atoms with Gasteiger partial charge in [0.05, 0.1) is 19.2 Å². The van der Waals surface area contributed by atoms with Gasteiger partial charge < -0.3 is 10.5 Å². The topological polar surface area (TPSA) is 38.5 Å². The third kappa shape index (κ3) is 4.77. The Morgan fingerprint density at radius 1 is 1.38 bits per heavy atom. The lowest BCUT2D eigenvalue weighted by Gasteiger charge is -2.26. The Kier molecular flexibility index (Phi) is 5.67. The molecule has 114 valence electrons. The smallest absolute Gasteiger partial charge is 0.134 e. The molecule has 1 aromatic carbocycles. The molecule has 1 saturated carbocycles. The standard InChI is InChI=1S/C18H26N2O/c1-14(2)20(12-15-6-7-15)13-16-8-9-18(21-3)17(11-16)5-4-10-19/h8-9,11,14-15H,6-7,10,12-13,19H2,1-3H3. The zero-order valence-electron chi connectivity index (χ0n) is 13.4. The van der Waals surface area contributed by atoms with Crippen LogP contribution >= 0.6 is 0 Å². The third-order valence-corrected chi connectivity index (χ3v) is 3.89. The first-order chi connectivity index (χ1) is 10.1. The van der Waals surface area contributed by atoms with Gasteiger partial charge in [0.1, 0.15) is 5.75 Å². The summed E-state index contributed by atoms with van der Waals surface area (Å²) in [5, 5.41) is 0. The van der Waals surface area contributed by atoms with Crippen LogP contribution in [-0.4, -0.2) is 31.1 Å². The number of rotatable bonds is 6. The van der Waals surface area contributed by atoms with E-state index in [-0.39, 0.29) is 0 Å². The molecule has 0 saturated heterocycles. The van der Waals surface area contributed by atoms with Gasteiger partial charge in [0.25, 0.3) is 0 Å². The van der Waals surface area contributed by atoms with Crippen molar-refractivity contribution < 1.29 is 4.74 Å². The largest absolute Gasteiger partial charge is 0.495 e. The molecule has 1 aromatic rings. The Bertz CT molecular complexity index is 524. The Labute approximate surface area is 128 Å². The Balaban J connectivity index is 2.14. The van der Waals surface area contributed by atoms with E-state index in [4.69, 9.17) is 10.5 Å². The zero-order valence-corrected chi connectivity index (χ0v) is 13.4. The van der Waals surface area contributed by atoms with Gasteiger partial charge in [0.15, 0.2) is 0 Å². The molecule has 3 nitrogen and oxygen atoms in total. The molecule has 0 unspecified atom stereocenters. The highest BCUT2D eigenvalue weighted by Crippen LogP contribution is 2.31. The number of hydrogen-bond donors (Lipinski definition) is 1. The van der Waals surface area contributed by atoms with Crippen LogP contribution in [0.4, 0.5) is 0 Å². The molecular formula is C18H26N2O. The Hall–Kier alpha value is -1.50. The van der Waals surface area contributed by atoms with Crippen molar-refractivity contribution >= 4 is 0 Å². The first-order valence-electron chi connectivity index (χ1n) is 7.74. The normalized spacial score (nSPS) is 14.2. The lowest BCUT2D eigenvalue weighted by atomic mass is 10.1. The molecule has 0 heterocycles.